The van der Waals surface area contributed by atoms with Crippen LogP contribution in [0.5, 0.6) is 0 Å². The summed E-state index contributed by atoms with van der Waals surface area (Å²) in [5, 5.41) is 9.31. The molecule has 4 rings (SSSR count). The van der Waals surface area contributed by atoms with Gasteiger partial charge in [0.1, 0.15) is 0 Å². The summed E-state index contributed by atoms with van der Waals surface area (Å²) in [6, 6.07) is 14.9. The normalized spacial score (nSPS) is 21.6. The minimum atomic E-state index is -0.867. The third-order valence-electron chi connectivity index (χ3n) is 7.42. The van der Waals surface area contributed by atoms with Gasteiger partial charge in [0.05, 0.1) is 11.6 Å². The Bertz CT molecular complexity index is 920. The average Bonchev–Trinajstić information content (AvgIpc) is 2.73. The predicted octanol–water partition coefficient (Wildman–Crippen LogP) is 6.31. The minimum Gasteiger partial charge on any atom is -0.478 e. The molecule has 160 valence electrons. The van der Waals surface area contributed by atoms with E-state index in [2.05, 4.69) is 50.8 Å². The van der Waals surface area contributed by atoms with Crippen molar-refractivity contribution in [3.63, 3.8) is 0 Å². The average molecular weight is 406 g/mol. The van der Waals surface area contributed by atoms with Gasteiger partial charge in [-0.2, -0.15) is 0 Å². The quantitative estimate of drug-likeness (QED) is 0.648. The van der Waals surface area contributed by atoms with Gasteiger partial charge in [0.2, 0.25) is 0 Å². The van der Waals surface area contributed by atoms with Crippen LogP contribution in [0.3, 0.4) is 0 Å². The molecule has 0 spiro atoms. The summed E-state index contributed by atoms with van der Waals surface area (Å²) in [5.41, 5.74) is 6.25. The number of aromatic carboxylic acids is 1. The van der Waals surface area contributed by atoms with Crippen molar-refractivity contribution >= 4 is 5.97 Å². The van der Waals surface area contributed by atoms with Gasteiger partial charge in [0.25, 0.3) is 0 Å². The van der Waals surface area contributed by atoms with Gasteiger partial charge in [0, 0.05) is 0 Å². The first kappa shape index (κ1) is 21.1. The molecular formula is C27H35NO2. The van der Waals surface area contributed by atoms with E-state index in [0.29, 0.717) is 5.56 Å². The fourth-order valence-corrected chi connectivity index (χ4v) is 5.38. The molecule has 30 heavy (non-hydrogen) atoms. The second kappa shape index (κ2) is 7.85. The van der Waals surface area contributed by atoms with Gasteiger partial charge in [-0.3, -0.25) is 4.90 Å². The van der Waals surface area contributed by atoms with E-state index in [0.717, 1.165) is 13.1 Å². The van der Waals surface area contributed by atoms with Crippen LogP contribution < -0.4 is 0 Å². The smallest absolute Gasteiger partial charge is 0.335 e. The highest BCUT2D eigenvalue weighted by atomic mass is 16.4. The van der Waals surface area contributed by atoms with E-state index in [1.165, 1.54) is 54.4 Å². The molecule has 1 aliphatic carbocycles. The van der Waals surface area contributed by atoms with E-state index >= 15 is 0 Å². The Morgan fingerprint density at radius 1 is 0.833 bits per heavy atom. The number of hydrogen-bond acceptors (Lipinski definition) is 2. The highest BCUT2D eigenvalue weighted by Gasteiger charge is 2.37. The van der Waals surface area contributed by atoms with Crippen molar-refractivity contribution in [1.82, 2.24) is 4.90 Å². The van der Waals surface area contributed by atoms with Crippen molar-refractivity contribution in [1.29, 1.82) is 0 Å². The van der Waals surface area contributed by atoms with Crippen LogP contribution in [0.4, 0.5) is 0 Å². The molecule has 1 N–H and O–H groups in total. The summed E-state index contributed by atoms with van der Waals surface area (Å²) in [4.78, 5) is 13.9. The number of rotatable bonds is 4. The third-order valence-corrected chi connectivity index (χ3v) is 7.42. The van der Waals surface area contributed by atoms with Crippen LogP contribution in [-0.4, -0.2) is 29.1 Å². The van der Waals surface area contributed by atoms with Gasteiger partial charge in [-0.1, -0.05) is 64.4 Å². The van der Waals surface area contributed by atoms with Crippen LogP contribution in [0, 0.1) is 0 Å². The Morgan fingerprint density at radius 3 is 2.00 bits per heavy atom. The molecule has 1 saturated heterocycles. The first-order chi connectivity index (χ1) is 14.2. The molecule has 3 nitrogen and oxygen atoms in total. The number of likely N-dealkylation sites (tertiary alicyclic amines) is 1. The van der Waals surface area contributed by atoms with Gasteiger partial charge in [-0.25, -0.2) is 4.79 Å². The zero-order valence-corrected chi connectivity index (χ0v) is 18.9. The summed E-state index contributed by atoms with van der Waals surface area (Å²) in [6.07, 6.45) is 6.18. The van der Waals surface area contributed by atoms with Crippen molar-refractivity contribution in [2.75, 3.05) is 13.1 Å². The Balaban J connectivity index is 1.80. The monoisotopic (exact) mass is 405 g/mol. The molecule has 1 atom stereocenters. The molecule has 1 aliphatic heterocycles. The Kier molecular flexibility index (Phi) is 5.52. The van der Waals surface area contributed by atoms with Gasteiger partial charge in [-0.15, -0.1) is 0 Å². The van der Waals surface area contributed by atoms with Crippen molar-refractivity contribution in [2.24, 2.45) is 0 Å². The zero-order valence-electron chi connectivity index (χ0n) is 18.9. The molecule has 0 radical (unpaired) electrons. The molecule has 1 unspecified atom stereocenters. The molecule has 0 saturated carbocycles. The molecule has 0 bridgehead atoms. The summed E-state index contributed by atoms with van der Waals surface area (Å²) < 4.78 is 0. The lowest BCUT2D eigenvalue weighted by Crippen LogP contribution is -2.36. The number of nitrogens with zero attached hydrogens (tertiary/aromatic N) is 1. The van der Waals surface area contributed by atoms with Gasteiger partial charge >= 0.3 is 5.97 Å². The molecular weight excluding hydrogens is 370 g/mol. The Hall–Kier alpha value is -2.13. The number of fused-ring (bicyclic) bond motifs is 1. The lowest BCUT2D eigenvalue weighted by Gasteiger charge is -2.43. The highest BCUT2D eigenvalue weighted by Crippen LogP contribution is 2.47. The lowest BCUT2D eigenvalue weighted by atomic mass is 9.63. The second-order valence-corrected chi connectivity index (χ2v) is 10.5. The summed E-state index contributed by atoms with van der Waals surface area (Å²) in [5.74, 6) is -0.867. The molecule has 2 aromatic rings. The van der Waals surface area contributed by atoms with E-state index in [1.807, 2.05) is 12.1 Å². The first-order valence-electron chi connectivity index (χ1n) is 11.4. The lowest BCUT2D eigenvalue weighted by molar-refractivity contribution is 0.0697. The summed E-state index contributed by atoms with van der Waals surface area (Å²) in [6.45, 7) is 11.7. The minimum absolute atomic E-state index is 0.180. The maximum Gasteiger partial charge on any atom is 0.335 e. The van der Waals surface area contributed by atoms with Crippen LogP contribution in [-0.2, 0) is 10.8 Å². The van der Waals surface area contributed by atoms with Crippen molar-refractivity contribution in [2.45, 2.75) is 76.7 Å². The molecule has 1 fully saturated rings. The number of carboxylic acid groups (broad SMARTS) is 1. The van der Waals surface area contributed by atoms with E-state index < -0.39 is 5.97 Å². The third kappa shape index (κ3) is 3.92. The molecule has 0 amide bonds. The highest BCUT2D eigenvalue weighted by molar-refractivity contribution is 5.87. The fraction of sp³-hybridized carbons (Fsp3) is 0.519. The van der Waals surface area contributed by atoms with Crippen LogP contribution in [0.15, 0.2) is 42.5 Å². The van der Waals surface area contributed by atoms with E-state index in [9.17, 15) is 9.90 Å². The number of carbonyl (C=O) groups is 1. The van der Waals surface area contributed by atoms with Crippen LogP contribution in [0.25, 0.3) is 0 Å². The largest absolute Gasteiger partial charge is 0.478 e. The first-order valence-corrected chi connectivity index (χ1v) is 11.4. The molecule has 1 heterocycles. The van der Waals surface area contributed by atoms with E-state index in [1.54, 1.807) is 12.1 Å². The van der Waals surface area contributed by atoms with Gasteiger partial charge in [-0.05, 0) is 84.0 Å². The summed E-state index contributed by atoms with van der Waals surface area (Å²) >= 11 is 0. The SMILES string of the molecule is CC1(C)CCC(C)(C)c2cc(C(c3ccc(C(=O)O)cc3)N3CCCCC3)ccc21. The van der Waals surface area contributed by atoms with Gasteiger partial charge < -0.3 is 5.11 Å². The van der Waals surface area contributed by atoms with Crippen LogP contribution in [0.1, 0.15) is 98.5 Å². The number of benzene rings is 2. The molecule has 2 aliphatic rings. The fourth-order valence-electron chi connectivity index (χ4n) is 5.38. The maximum absolute atomic E-state index is 11.3. The zero-order chi connectivity index (χ0) is 21.5. The van der Waals surface area contributed by atoms with Crippen molar-refractivity contribution < 1.29 is 9.90 Å². The van der Waals surface area contributed by atoms with Crippen LogP contribution >= 0.6 is 0 Å². The second-order valence-electron chi connectivity index (χ2n) is 10.5. The maximum atomic E-state index is 11.3. The summed E-state index contributed by atoms with van der Waals surface area (Å²) in [7, 11) is 0. The van der Waals surface area contributed by atoms with Crippen molar-refractivity contribution in [3.05, 3.63) is 70.3 Å². The molecule has 0 aromatic heterocycles. The number of carboxylic acids is 1. The van der Waals surface area contributed by atoms with E-state index in [4.69, 9.17) is 0 Å². The standard InChI is InChI=1S/C27H35NO2/c1-26(2)14-15-27(3,4)23-18-21(12-13-22(23)26)24(28-16-6-5-7-17-28)19-8-10-20(11-9-19)25(29)30/h8-13,18,24H,5-7,14-17H2,1-4H3,(H,29,30). The topological polar surface area (TPSA) is 40.5 Å². The number of hydrogen-bond donors (Lipinski definition) is 1. The van der Waals surface area contributed by atoms with Crippen molar-refractivity contribution in [3.8, 4) is 0 Å². The Labute approximate surface area is 181 Å². The predicted molar refractivity (Wildman–Crippen MR) is 122 cm³/mol. The van der Waals surface area contributed by atoms with Gasteiger partial charge in [0.15, 0.2) is 0 Å². The Morgan fingerprint density at radius 2 is 1.40 bits per heavy atom. The molecule has 2 aromatic carbocycles. The molecule has 3 heteroatoms. The van der Waals surface area contributed by atoms with Crippen LogP contribution in [0.2, 0.25) is 0 Å². The van der Waals surface area contributed by atoms with E-state index in [-0.39, 0.29) is 16.9 Å². The number of piperidine rings is 1.